The Hall–Kier alpha value is -1.49. The highest BCUT2D eigenvalue weighted by Gasteiger charge is 2.17. The second-order valence-corrected chi connectivity index (χ2v) is 4.44. The van der Waals surface area contributed by atoms with Crippen LogP contribution in [-0.4, -0.2) is 6.54 Å². The highest BCUT2D eigenvalue weighted by atomic mass is 14.9. The lowest BCUT2D eigenvalue weighted by atomic mass is 9.88. The average Bonchev–Trinajstić information content (AvgIpc) is 2.65. The SMILES string of the molecule is CC(C)C(C#N)c1ccc2c(c1)CCN2. The molecule has 0 spiro atoms. The van der Waals surface area contributed by atoms with Crippen LogP contribution >= 0.6 is 0 Å². The molecule has 1 aliphatic rings. The van der Waals surface area contributed by atoms with E-state index >= 15 is 0 Å². The van der Waals surface area contributed by atoms with Crippen molar-refractivity contribution in [2.45, 2.75) is 26.2 Å². The number of fused-ring (bicyclic) bond motifs is 1. The average molecular weight is 200 g/mol. The van der Waals surface area contributed by atoms with Gasteiger partial charge in [0.2, 0.25) is 0 Å². The number of nitrogens with zero attached hydrogens (tertiary/aromatic N) is 1. The molecule has 2 heteroatoms. The molecule has 1 atom stereocenters. The first-order valence-electron chi connectivity index (χ1n) is 5.48. The Morgan fingerprint density at radius 3 is 2.87 bits per heavy atom. The fraction of sp³-hybridized carbons (Fsp3) is 0.462. The van der Waals surface area contributed by atoms with E-state index < -0.39 is 0 Å². The molecule has 1 aromatic rings. The fourth-order valence-corrected chi connectivity index (χ4v) is 2.13. The summed E-state index contributed by atoms with van der Waals surface area (Å²) < 4.78 is 0. The summed E-state index contributed by atoms with van der Waals surface area (Å²) in [5.74, 6) is 0.401. The maximum atomic E-state index is 9.13. The second-order valence-electron chi connectivity index (χ2n) is 4.44. The van der Waals surface area contributed by atoms with Crippen molar-refractivity contribution in [1.82, 2.24) is 0 Å². The van der Waals surface area contributed by atoms with Gasteiger partial charge in [0.1, 0.15) is 0 Å². The Morgan fingerprint density at radius 1 is 1.40 bits per heavy atom. The normalized spacial score (nSPS) is 15.6. The van der Waals surface area contributed by atoms with Crippen LogP contribution in [-0.2, 0) is 6.42 Å². The van der Waals surface area contributed by atoms with Crippen molar-refractivity contribution < 1.29 is 0 Å². The van der Waals surface area contributed by atoms with Gasteiger partial charge in [-0.15, -0.1) is 0 Å². The minimum absolute atomic E-state index is 0.0240. The molecule has 78 valence electrons. The summed E-state index contributed by atoms with van der Waals surface area (Å²) in [5, 5.41) is 12.5. The Labute approximate surface area is 90.9 Å². The number of rotatable bonds is 2. The van der Waals surface area contributed by atoms with E-state index in [4.69, 9.17) is 5.26 Å². The molecule has 1 unspecified atom stereocenters. The molecule has 15 heavy (non-hydrogen) atoms. The third kappa shape index (κ3) is 1.83. The zero-order valence-electron chi connectivity index (χ0n) is 9.25. The minimum Gasteiger partial charge on any atom is -0.384 e. The topological polar surface area (TPSA) is 35.8 Å². The third-order valence-electron chi connectivity index (χ3n) is 3.00. The summed E-state index contributed by atoms with van der Waals surface area (Å²) in [7, 11) is 0. The highest BCUT2D eigenvalue weighted by Crippen LogP contribution is 2.29. The molecule has 1 aromatic carbocycles. The standard InChI is InChI=1S/C13H16N2/c1-9(2)12(8-14)10-3-4-13-11(7-10)5-6-15-13/h3-4,7,9,12,15H,5-6H2,1-2H3. The van der Waals surface area contributed by atoms with Crippen molar-refractivity contribution in [2.24, 2.45) is 5.92 Å². The predicted molar refractivity (Wildman–Crippen MR) is 61.8 cm³/mol. The molecule has 0 fully saturated rings. The first-order valence-corrected chi connectivity index (χ1v) is 5.48. The second kappa shape index (κ2) is 3.94. The lowest BCUT2D eigenvalue weighted by molar-refractivity contribution is 0.587. The van der Waals surface area contributed by atoms with Gasteiger partial charge in [-0.2, -0.15) is 5.26 Å². The molecule has 2 nitrogen and oxygen atoms in total. The number of nitriles is 1. The maximum Gasteiger partial charge on any atom is 0.0735 e. The van der Waals surface area contributed by atoms with Crippen LogP contribution in [0.25, 0.3) is 0 Å². The summed E-state index contributed by atoms with van der Waals surface area (Å²) >= 11 is 0. The van der Waals surface area contributed by atoms with Gasteiger partial charge >= 0.3 is 0 Å². The van der Waals surface area contributed by atoms with Gasteiger partial charge in [-0.3, -0.25) is 0 Å². The van der Waals surface area contributed by atoms with Crippen LogP contribution in [0.4, 0.5) is 5.69 Å². The molecule has 0 aliphatic carbocycles. The Kier molecular flexibility index (Phi) is 2.64. The van der Waals surface area contributed by atoms with Gasteiger partial charge in [0.25, 0.3) is 0 Å². The first kappa shape index (κ1) is 10.0. The Balaban J connectivity index is 2.34. The molecule has 1 N–H and O–H groups in total. The molecule has 0 aromatic heterocycles. The van der Waals surface area contributed by atoms with Crippen LogP contribution in [0.15, 0.2) is 18.2 Å². The molecule has 0 amide bonds. The van der Waals surface area contributed by atoms with Crippen molar-refractivity contribution in [3.8, 4) is 6.07 Å². The van der Waals surface area contributed by atoms with Crippen molar-refractivity contribution in [2.75, 3.05) is 11.9 Å². The summed E-state index contributed by atoms with van der Waals surface area (Å²) in [6.45, 7) is 5.22. The quantitative estimate of drug-likeness (QED) is 0.796. The molecular weight excluding hydrogens is 184 g/mol. The molecule has 0 bridgehead atoms. The first-order chi connectivity index (χ1) is 7.22. The van der Waals surface area contributed by atoms with E-state index in [1.165, 1.54) is 11.3 Å². The molecule has 1 aliphatic heterocycles. The van der Waals surface area contributed by atoms with Gasteiger partial charge in [-0.25, -0.2) is 0 Å². The molecule has 1 heterocycles. The number of hydrogen-bond donors (Lipinski definition) is 1. The predicted octanol–water partition coefficient (Wildman–Crippen LogP) is 2.92. The van der Waals surface area contributed by atoms with Crippen LogP contribution in [0, 0.1) is 17.2 Å². The summed E-state index contributed by atoms with van der Waals surface area (Å²) in [6.07, 6.45) is 1.08. The van der Waals surface area contributed by atoms with Crippen LogP contribution in [0.1, 0.15) is 30.9 Å². The summed E-state index contributed by atoms with van der Waals surface area (Å²) in [5.41, 5.74) is 3.75. The number of benzene rings is 1. The molecule has 0 saturated heterocycles. The van der Waals surface area contributed by atoms with E-state index in [0.29, 0.717) is 5.92 Å². The van der Waals surface area contributed by atoms with Crippen molar-refractivity contribution in [1.29, 1.82) is 5.26 Å². The zero-order chi connectivity index (χ0) is 10.8. The molecule has 0 radical (unpaired) electrons. The van der Waals surface area contributed by atoms with Crippen molar-refractivity contribution >= 4 is 5.69 Å². The van der Waals surface area contributed by atoms with E-state index in [1.54, 1.807) is 0 Å². The molecule has 0 saturated carbocycles. The van der Waals surface area contributed by atoms with Gasteiger partial charge in [-0.1, -0.05) is 26.0 Å². The monoisotopic (exact) mass is 200 g/mol. The van der Waals surface area contributed by atoms with Gasteiger partial charge in [0.15, 0.2) is 0 Å². The third-order valence-corrected chi connectivity index (χ3v) is 3.00. The number of anilines is 1. The maximum absolute atomic E-state index is 9.13. The van der Waals surface area contributed by atoms with Gasteiger partial charge in [-0.05, 0) is 29.5 Å². The van der Waals surface area contributed by atoms with Gasteiger partial charge in [0.05, 0.1) is 12.0 Å². The van der Waals surface area contributed by atoms with E-state index in [2.05, 4.69) is 43.4 Å². The lowest BCUT2D eigenvalue weighted by Gasteiger charge is -2.14. The number of nitrogens with one attached hydrogen (secondary N) is 1. The number of hydrogen-bond acceptors (Lipinski definition) is 2. The van der Waals surface area contributed by atoms with Crippen molar-refractivity contribution in [3.05, 3.63) is 29.3 Å². The summed E-state index contributed by atoms with van der Waals surface area (Å²) in [6, 6.07) is 8.75. The Morgan fingerprint density at radius 2 is 2.20 bits per heavy atom. The van der Waals surface area contributed by atoms with Crippen LogP contribution in [0.2, 0.25) is 0 Å². The summed E-state index contributed by atoms with van der Waals surface area (Å²) in [4.78, 5) is 0. The molecule has 2 rings (SSSR count). The van der Waals surface area contributed by atoms with E-state index in [9.17, 15) is 0 Å². The fourth-order valence-electron chi connectivity index (χ4n) is 2.13. The largest absolute Gasteiger partial charge is 0.384 e. The van der Waals surface area contributed by atoms with Gasteiger partial charge in [0, 0.05) is 12.2 Å². The van der Waals surface area contributed by atoms with Crippen LogP contribution in [0.3, 0.4) is 0 Å². The zero-order valence-corrected chi connectivity index (χ0v) is 9.25. The van der Waals surface area contributed by atoms with E-state index in [0.717, 1.165) is 18.5 Å². The van der Waals surface area contributed by atoms with Crippen LogP contribution in [0.5, 0.6) is 0 Å². The Bertz CT molecular complexity index is 401. The highest BCUT2D eigenvalue weighted by molar-refractivity contribution is 5.57. The molecular formula is C13H16N2. The van der Waals surface area contributed by atoms with E-state index in [-0.39, 0.29) is 5.92 Å². The van der Waals surface area contributed by atoms with E-state index in [1.807, 2.05) is 0 Å². The smallest absolute Gasteiger partial charge is 0.0735 e. The minimum atomic E-state index is 0.0240. The van der Waals surface area contributed by atoms with Gasteiger partial charge < -0.3 is 5.32 Å². The van der Waals surface area contributed by atoms with Crippen molar-refractivity contribution in [3.63, 3.8) is 0 Å². The lowest BCUT2D eigenvalue weighted by Crippen LogP contribution is -2.04. The van der Waals surface area contributed by atoms with Crippen LogP contribution < -0.4 is 5.32 Å².